The van der Waals surface area contributed by atoms with Gasteiger partial charge in [-0.05, 0) is 44.2 Å². The van der Waals surface area contributed by atoms with Gasteiger partial charge in [0, 0.05) is 5.92 Å². The van der Waals surface area contributed by atoms with E-state index in [1.165, 1.54) is 0 Å². The maximum Gasteiger partial charge on any atom is 0.338 e. The molecule has 0 saturated heterocycles. The summed E-state index contributed by atoms with van der Waals surface area (Å²) >= 11 is 0. The van der Waals surface area contributed by atoms with Gasteiger partial charge in [-0.15, -0.1) is 0 Å². The van der Waals surface area contributed by atoms with Crippen LogP contribution >= 0.6 is 0 Å². The van der Waals surface area contributed by atoms with Crippen molar-refractivity contribution < 1.29 is 24.9 Å². The Morgan fingerprint density at radius 2 is 1.82 bits per heavy atom. The van der Waals surface area contributed by atoms with Gasteiger partial charge in [0.05, 0.1) is 5.56 Å². The second-order valence-electron chi connectivity index (χ2n) is 6.18. The van der Waals surface area contributed by atoms with Gasteiger partial charge in [-0.25, -0.2) is 4.79 Å². The van der Waals surface area contributed by atoms with Crippen molar-refractivity contribution in [3.8, 4) is 17.2 Å². The highest BCUT2D eigenvalue weighted by Gasteiger charge is 2.32. The number of benzene rings is 1. The number of carbonyl (C=O) groups excluding carboxylic acids is 1. The van der Waals surface area contributed by atoms with E-state index in [0.29, 0.717) is 5.92 Å². The minimum atomic E-state index is -0.650. The van der Waals surface area contributed by atoms with Gasteiger partial charge in [-0.3, -0.25) is 0 Å². The minimum absolute atomic E-state index is 0.00601. The number of carbonyl (C=O) groups is 1. The number of hydrogen-bond acceptors (Lipinski definition) is 5. The third-order valence-electron chi connectivity index (χ3n) is 4.25. The average molecular weight is 306 g/mol. The lowest BCUT2D eigenvalue weighted by molar-refractivity contribution is 0.000378. The molecular weight excluding hydrogens is 284 g/mol. The van der Waals surface area contributed by atoms with Gasteiger partial charge in [0.1, 0.15) is 6.10 Å². The molecule has 3 unspecified atom stereocenters. The lowest BCUT2D eigenvalue weighted by atomic mass is 9.77. The van der Waals surface area contributed by atoms with E-state index in [9.17, 15) is 20.1 Å². The van der Waals surface area contributed by atoms with E-state index < -0.39 is 23.2 Å². The summed E-state index contributed by atoms with van der Waals surface area (Å²) in [5.74, 6) is -1.80. The molecule has 5 heteroatoms. The molecule has 1 aliphatic carbocycles. The number of esters is 1. The SMILES string of the molecule is C=C(C)C1CCC(C)CC1OC(=O)c1cc(O)c(O)c(O)c1. The fourth-order valence-electron chi connectivity index (χ4n) is 2.95. The second kappa shape index (κ2) is 6.30. The molecule has 0 radical (unpaired) electrons. The summed E-state index contributed by atoms with van der Waals surface area (Å²) in [6.45, 7) is 8.02. The van der Waals surface area contributed by atoms with E-state index in [1.807, 2.05) is 6.92 Å². The molecular formula is C17H22O5. The lowest BCUT2D eigenvalue weighted by Gasteiger charge is -2.34. The van der Waals surface area contributed by atoms with Gasteiger partial charge in [-0.1, -0.05) is 19.1 Å². The number of phenolic OH excluding ortho intramolecular Hbond substituents is 3. The van der Waals surface area contributed by atoms with E-state index in [1.54, 1.807) is 0 Å². The Morgan fingerprint density at radius 1 is 1.23 bits per heavy atom. The van der Waals surface area contributed by atoms with Gasteiger partial charge < -0.3 is 20.1 Å². The predicted octanol–water partition coefficient (Wildman–Crippen LogP) is 3.34. The first-order chi connectivity index (χ1) is 10.3. The molecule has 1 aromatic rings. The first-order valence-corrected chi connectivity index (χ1v) is 7.41. The Hall–Kier alpha value is -2.17. The maximum absolute atomic E-state index is 12.2. The Balaban J connectivity index is 2.17. The van der Waals surface area contributed by atoms with Crippen LogP contribution in [0.2, 0.25) is 0 Å². The van der Waals surface area contributed by atoms with E-state index >= 15 is 0 Å². The molecule has 2 rings (SSSR count). The van der Waals surface area contributed by atoms with Crippen molar-refractivity contribution >= 4 is 5.97 Å². The molecule has 0 bridgehead atoms. The zero-order valence-electron chi connectivity index (χ0n) is 12.9. The zero-order valence-corrected chi connectivity index (χ0v) is 12.9. The van der Waals surface area contributed by atoms with Crippen LogP contribution in [0.1, 0.15) is 43.5 Å². The summed E-state index contributed by atoms with van der Waals surface area (Å²) in [7, 11) is 0. The fourth-order valence-corrected chi connectivity index (χ4v) is 2.95. The summed E-state index contributed by atoms with van der Waals surface area (Å²) < 4.78 is 5.57. The van der Waals surface area contributed by atoms with Crippen LogP contribution in [-0.2, 0) is 4.74 Å². The summed E-state index contributed by atoms with van der Waals surface area (Å²) in [6, 6.07) is 2.17. The van der Waals surface area contributed by atoms with Crippen LogP contribution in [0.4, 0.5) is 0 Å². The van der Waals surface area contributed by atoms with Crippen LogP contribution in [0.25, 0.3) is 0 Å². The molecule has 0 spiro atoms. The van der Waals surface area contributed by atoms with E-state index in [2.05, 4.69) is 13.5 Å². The number of rotatable bonds is 3. The Morgan fingerprint density at radius 3 is 2.36 bits per heavy atom. The number of phenols is 3. The summed E-state index contributed by atoms with van der Waals surface area (Å²) in [5.41, 5.74) is 0.993. The molecule has 1 saturated carbocycles. The highest BCUT2D eigenvalue weighted by Crippen LogP contribution is 2.37. The first kappa shape index (κ1) is 16.2. The molecule has 1 fully saturated rings. The molecule has 5 nitrogen and oxygen atoms in total. The highest BCUT2D eigenvalue weighted by atomic mass is 16.5. The summed E-state index contributed by atoms with van der Waals surface area (Å²) in [4.78, 5) is 12.2. The minimum Gasteiger partial charge on any atom is -0.504 e. The van der Waals surface area contributed by atoms with Gasteiger partial charge in [0.2, 0.25) is 0 Å². The normalized spacial score (nSPS) is 24.7. The molecule has 1 aliphatic rings. The van der Waals surface area contributed by atoms with Crippen molar-refractivity contribution in [3.63, 3.8) is 0 Å². The fraction of sp³-hybridized carbons (Fsp3) is 0.471. The Labute approximate surface area is 129 Å². The maximum atomic E-state index is 12.2. The van der Waals surface area contributed by atoms with Crippen LogP contribution in [-0.4, -0.2) is 27.4 Å². The van der Waals surface area contributed by atoms with Crippen LogP contribution < -0.4 is 0 Å². The van der Waals surface area contributed by atoms with Gasteiger partial charge in [0.15, 0.2) is 17.2 Å². The molecule has 0 aromatic heterocycles. The predicted molar refractivity (Wildman–Crippen MR) is 82.0 cm³/mol. The van der Waals surface area contributed by atoms with Crippen molar-refractivity contribution in [1.29, 1.82) is 0 Å². The number of hydrogen-bond donors (Lipinski definition) is 3. The smallest absolute Gasteiger partial charge is 0.338 e. The van der Waals surface area contributed by atoms with Crippen LogP contribution in [0, 0.1) is 11.8 Å². The second-order valence-corrected chi connectivity index (χ2v) is 6.18. The molecule has 120 valence electrons. The van der Waals surface area contributed by atoms with Crippen molar-refractivity contribution in [2.45, 2.75) is 39.2 Å². The molecule has 3 atom stereocenters. The van der Waals surface area contributed by atoms with E-state index in [4.69, 9.17) is 4.74 Å². The standard InChI is InChI=1S/C17H22O5/c1-9(2)12-5-4-10(3)6-15(12)22-17(21)11-7-13(18)16(20)14(19)8-11/h7-8,10,12,15,18-20H,1,4-6H2,2-3H3. The molecule has 0 amide bonds. The van der Waals surface area contributed by atoms with Crippen molar-refractivity contribution in [2.24, 2.45) is 11.8 Å². The molecule has 1 aromatic carbocycles. The van der Waals surface area contributed by atoms with Crippen LogP contribution in [0.5, 0.6) is 17.2 Å². The third kappa shape index (κ3) is 3.35. The van der Waals surface area contributed by atoms with Gasteiger partial charge in [0.25, 0.3) is 0 Å². The van der Waals surface area contributed by atoms with Crippen LogP contribution in [0.15, 0.2) is 24.3 Å². The monoisotopic (exact) mass is 306 g/mol. The Bertz CT molecular complexity index is 570. The molecule has 0 aliphatic heterocycles. The summed E-state index contributed by atoms with van der Waals surface area (Å²) in [5, 5.41) is 28.3. The van der Waals surface area contributed by atoms with E-state index in [0.717, 1.165) is 37.0 Å². The largest absolute Gasteiger partial charge is 0.504 e. The molecule has 0 heterocycles. The topological polar surface area (TPSA) is 87.0 Å². The Kier molecular flexibility index (Phi) is 4.64. The van der Waals surface area contributed by atoms with Gasteiger partial charge >= 0.3 is 5.97 Å². The first-order valence-electron chi connectivity index (χ1n) is 7.41. The molecule has 3 N–H and O–H groups in total. The number of aromatic hydroxyl groups is 3. The highest BCUT2D eigenvalue weighted by molar-refractivity contribution is 5.91. The van der Waals surface area contributed by atoms with E-state index in [-0.39, 0.29) is 17.6 Å². The van der Waals surface area contributed by atoms with Crippen molar-refractivity contribution in [1.82, 2.24) is 0 Å². The number of ether oxygens (including phenoxy) is 1. The lowest BCUT2D eigenvalue weighted by Crippen LogP contribution is -2.33. The average Bonchev–Trinajstić information content (AvgIpc) is 2.43. The third-order valence-corrected chi connectivity index (χ3v) is 4.25. The van der Waals surface area contributed by atoms with Gasteiger partial charge in [-0.2, -0.15) is 0 Å². The quantitative estimate of drug-likeness (QED) is 0.453. The van der Waals surface area contributed by atoms with Crippen molar-refractivity contribution in [3.05, 3.63) is 29.8 Å². The van der Waals surface area contributed by atoms with Crippen LogP contribution in [0.3, 0.4) is 0 Å². The van der Waals surface area contributed by atoms with Crippen molar-refractivity contribution in [2.75, 3.05) is 0 Å². The summed E-state index contributed by atoms with van der Waals surface area (Å²) in [6.07, 6.45) is 2.51. The molecule has 22 heavy (non-hydrogen) atoms. The zero-order chi connectivity index (χ0) is 16.4.